The second-order valence-corrected chi connectivity index (χ2v) is 5.22. The fourth-order valence-electron chi connectivity index (χ4n) is 2.53. The Hall–Kier alpha value is -1.22. The molecule has 1 aromatic carbocycles. The van der Waals surface area contributed by atoms with Crippen molar-refractivity contribution in [2.24, 2.45) is 5.92 Å². The molecule has 0 aromatic heterocycles. The van der Waals surface area contributed by atoms with Gasteiger partial charge >= 0.3 is 0 Å². The first-order chi connectivity index (χ1) is 9.29. The van der Waals surface area contributed by atoms with E-state index in [2.05, 4.69) is 6.92 Å². The predicted octanol–water partition coefficient (Wildman–Crippen LogP) is 3.41. The summed E-state index contributed by atoms with van der Waals surface area (Å²) in [7, 11) is 0. The molecule has 0 amide bonds. The van der Waals surface area contributed by atoms with Crippen molar-refractivity contribution in [3.8, 4) is 11.5 Å². The first kappa shape index (κ1) is 14.2. The molecule has 1 aliphatic rings. The quantitative estimate of drug-likeness (QED) is 0.820. The lowest BCUT2D eigenvalue weighted by Crippen LogP contribution is -2.16. The van der Waals surface area contributed by atoms with E-state index in [0.29, 0.717) is 12.5 Å². The van der Waals surface area contributed by atoms with E-state index in [1.54, 1.807) is 0 Å². The molecule has 106 valence electrons. The lowest BCUT2D eigenvalue weighted by Gasteiger charge is -2.14. The van der Waals surface area contributed by atoms with Crippen molar-refractivity contribution < 1.29 is 14.6 Å². The second-order valence-electron chi connectivity index (χ2n) is 5.22. The van der Waals surface area contributed by atoms with Gasteiger partial charge in [0.2, 0.25) is 0 Å². The van der Waals surface area contributed by atoms with Gasteiger partial charge < -0.3 is 14.6 Å². The summed E-state index contributed by atoms with van der Waals surface area (Å²) in [6.45, 7) is 3.52. The first-order valence-electron chi connectivity index (χ1n) is 7.33. The Morgan fingerprint density at radius 2 is 1.68 bits per heavy atom. The molecule has 0 aliphatic heterocycles. The Morgan fingerprint density at radius 1 is 1.05 bits per heavy atom. The SMILES string of the molecule is CCCOc1ccc(OCCC2CCCC2O)cc1. The molecule has 2 unspecified atom stereocenters. The number of aliphatic hydroxyl groups is 1. The summed E-state index contributed by atoms with van der Waals surface area (Å²) in [5.41, 5.74) is 0. The van der Waals surface area contributed by atoms with Crippen LogP contribution in [-0.4, -0.2) is 24.4 Å². The van der Waals surface area contributed by atoms with E-state index in [-0.39, 0.29) is 6.10 Å². The highest BCUT2D eigenvalue weighted by Gasteiger charge is 2.24. The van der Waals surface area contributed by atoms with E-state index < -0.39 is 0 Å². The summed E-state index contributed by atoms with van der Waals surface area (Å²) in [6.07, 6.45) is 5.07. The minimum Gasteiger partial charge on any atom is -0.494 e. The van der Waals surface area contributed by atoms with Gasteiger partial charge in [0.15, 0.2) is 0 Å². The summed E-state index contributed by atoms with van der Waals surface area (Å²) in [5.74, 6) is 2.18. The smallest absolute Gasteiger partial charge is 0.119 e. The van der Waals surface area contributed by atoms with Crippen molar-refractivity contribution >= 4 is 0 Å². The van der Waals surface area contributed by atoms with Crippen LogP contribution in [0.5, 0.6) is 11.5 Å². The van der Waals surface area contributed by atoms with Gasteiger partial charge in [-0.3, -0.25) is 0 Å². The standard InChI is InChI=1S/C16H24O3/c1-2-11-18-14-6-8-15(9-7-14)19-12-10-13-4-3-5-16(13)17/h6-9,13,16-17H,2-5,10-12H2,1H3. The van der Waals surface area contributed by atoms with Gasteiger partial charge in [-0.2, -0.15) is 0 Å². The van der Waals surface area contributed by atoms with Gasteiger partial charge in [0.25, 0.3) is 0 Å². The zero-order valence-electron chi connectivity index (χ0n) is 11.7. The summed E-state index contributed by atoms with van der Waals surface area (Å²) in [4.78, 5) is 0. The van der Waals surface area contributed by atoms with Crippen LogP contribution in [-0.2, 0) is 0 Å². The Kier molecular flexibility index (Phi) is 5.52. The molecule has 1 aliphatic carbocycles. The molecule has 3 nitrogen and oxygen atoms in total. The molecule has 0 bridgehead atoms. The van der Waals surface area contributed by atoms with E-state index in [0.717, 1.165) is 50.2 Å². The van der Waals surface area contributed by atoms with Gasteiger partial charge in [-0.25, -0.2) is 0 Å². The molecule has 2 atom stereocenters. The molecule has 2 rings (SSSR count). The summed E-state index contributed by atoms with van der Waals surface area (Å²) in [5, 5.41) is 9.73. The van der Waals surface area contributed by atoms with Crippen LogP contribution in [0.25, 0.3) is 0 Å². The van der Waals surface area contributed by atoms with Gasteiger partial charge in [-0.1, -0.05) is 13.3 Å². The van der Waals surface area contributed by atoms with E-state index in [9.17, 15) is 5.11 Å². The Balaban J connectivity index is 1.70. The van der Waals surface area contributed by atoms with E-state index in [1.165, 1.54) is 0 Å². The average Bonchev–Trinajstić information content (AvgIpc) is 2.84. The number of aliphatic hydroxyl groups excluding tert-OH is 1. The van der Waals surface area contributed by atoms with Gasteiger partial charge in [0, 0.05) is 0 Å². The van der Waals surface area contributed by atoms with Crippen molar-refractivity contribution in [3.05, 3.63) is 24.3 Å². The fourth-order valence-corrected chi connectivity index (χ4v) is 2.53. The fraction of sp³-hybridized carbons (Fsp3) is 0.625. The van der Waals surface area contributed by atoms with Crippen molar-refractivity contribution in [1.29, 1.82) is 0 Å². The van der Waals surface area contributed by atoms with Crippen molar-refractivity contribution in [3.63, 3.8) is 0 Å². The summed E-state index contributed by atoms with van der Waals surface area (Å²) < 4.78 is 11.2. The maximum Gasteiger partial charge on any atom is 0.119 e. The molecule has 1 aromatic rings. The van der Waals surface area contributed by atoms with Crippen LogP contribution >= 0.6 is 0 Å². The summed E-state index contributed by atoms with van der Waals surface area (Å²) in [6, 6.07) is 7.76. The van der Waals surface area contributed by atoms with Crippen LogP contribution in [0.2, 0.25) is 0 Å². The van der Waals surface area contributed by atoms with Crippen LogP contribution in [0.1, 0.15) is 39.0 Å². The maximum atomic E-state index is 9.73. The lowest BCUT2D eigenvalue weighted by molar-refractivity contribution is 0.117. The largest absolute Gasteiger partial charge is 0.494 e. The van der Waals surface area contributed by atoms with Crippen LogP contribution < -0.4 is 9.47 Å². The number of hydrogen-bond acceptors (Lipinski definition) is 3. The van der Waals surface area contributed by atoms with Crippen molar-refractivity contribution in [2.75, 3.05) is 13.2 Å². The zero-order chi connectivity index (χ0) is 13.5. The number of ether oxygens (including phenoxy) is 2. The molecule has 0 heterocycles. The molecule has 1 fully saturated rings. The van der Waals surface area contributed by atoms with Crippen LogP contribution in [0.3, 0.4) is 0 Å². The van der Waals surface area contributed by atoms with Crippen LogP contribution in [0.15, 0.2) is 24.3 Å². The van der Waals surface area contributed by atoms with Crippen LogP contribution in [0, 0.1) is 5.92 Å². The number of rotatable bonds is 7. The molecule has 3 heteroatoms. The highest BCUT2D eigenvalue weighted by molar-refractivity contribution is 5.31. The summed E-state index contributed by atoms with van der Waals surface area (Å²) >= 11 is 0. The van der Waals surface area contributed by atoms with Crippen LogP contribution in [0.4, 0.5) is 0 Å². The average molecular weight is 264 g/mol. The Morgan fingerprint density at radius 3 is 2.21 bits per heavy atom. The van der Waals surface area contributed by atoms with Gasteiger partial charge in [-0.05, 0) is 55.9 Å². The predicted molar refractivity (Wildman–Crippen MR) is 75.7 cm³/mol. The van der Waals surface area contributed by atoms with Gasteiger partial charge in [-0.15, -0.1) is 0 Å². The van der Waals surface area contributed by atoms with Gasteiger partial charge in [0.05, 0.1) is 19.3 Å². The normalized spacial score (nSPS) is 22.4. The molecule has 0 saturated heterocycles. The highest BCUT2D eigenvalue weighted by Crippen LogP contribution is 2.28. The lowest BCUT2D eigenvalue weighted by atomic mass is 10.0. The first-order valence-corrected chi connectivity index (χ1v) is 7.33. The Bertz CT molecular complexity index is 361. The van der Waals surface area contributed by atoms with E-state index in [4.69, 9.17) is 9.47 Å². The molecule has 1 N–H and O–H groups in total. The maximum absolute atomic E-state index is 9.73. The highest BCUT2D eigenvalue weighted by atomic mass is 16.5. The molecule has 0 spiro atoms. The minimum atomic E-state index is -0.117. The third-order valence-corrected chi connectivity index (χ3v) is 3.67. The molecular formula is C16H24O3. The van der Waals surface area contributed by atoms with Gasteiger partial charge in [0.1, 0.15) is 11.5 Å². The molecule has 1 saturated carbocycles. The molecule has 0 radical (unpaired) electrons. The van der Waals surface area contributed by atoms with E-state index in [1.807, 2.05) is 24.3 Å². The number of hydrogen-bond donors (Lipinski definition) is 1. The van der Waals surface area contributed by atoms with E-state index >= 15 is 0 Å². The van der Waals surface area contributed by atoms with Crippen molar-refractivity contribution in [2.45, 2.75) is 45.1 Å². The van der Waals surface area contributed by atoms with Crippen molar-refractivity contribution in [1.82, 2.24) is 0 Å². The monoisotopic (exact) mass is 264 g/mol. The minimum absolute atomic E-state index is 0.117. The third kappa shape index (κ3) is 4.43. The second kappa shape index (κ2) is 7.39. The zero-order valence-corrected chi connectivity index (χ0v) is 11.7. The molecular weight excluding hydrogens is 240 g/mol. The third-order valence-electron chi connectivity index (χ3n) is 3.67. The molecule has 19 heavy (non-hydrogen) atoms. The topological polar surface area (TPSA) is 38.7 Å². The Labute approximate surface area is 115 Å². The number of benzene rings is 1.